The molecule has 2 N–H and O–H groups in total. The van der Waals surface area contributed by atoms with E-state index in [1.807, 2.05) is 13.0 Å². The van der Waals surface area contributed by atoms with E-state index in [9.17, 15) is 0 Å². The molecule has 0 saturated heterocycles. The Bertz CT molecular complexity index is 281. The number of ether oxygens (including phenoxy) is 1. The number of halogens is 1. The van der Waals surface area contributed by atoms with Crippen LogP contribution in [0.25, 0.3) is 0 Å². The van der Waals surface area contributed by atoms with Gasteiger partial charge in [0.05, 0.1) is 16.8 Å². The van der Waals surface area contributed by atoms with Crippen LogP contribution in [0, 0.1) is 0 Å². The molecule has 0 radical (unpaired) electrons. The molecule has 78 valence electrons. The van der Waals surface area contributed by atoms with E-state index in [4.69, 9.17) is 22.1 Å². The van der Waals surface area contributed by atoms with Crippen molar-refractivity contribution >= 4 is 17.3 Å². The van der Waals surface area contributed by atoms with Gasteiger partial charge in [0.2, 0.25) is 0 Å². The Morgan fingerprint density at radius 2 is 2.21 bits per heavy atom. The SMILES string of the molecule is CCC[C@@H](C)Oc1c(N)cccc1Cl. The van der Waals surface area contributed by atoms with Gasteiger partial charge in [0.25, 0.3) is 0 Å². The zero-order valence-corrected chi connectivity index (χ0v) is 9.34. The van der Waals surface area contributed by atoms with E-state index in [2.05, 4.69) is 6.92 Å². The van der Waals surface area contributed by atoms with Gasteiger partial charge in [-0.1, -0.05) is 31.0 Å². The molecule has 14 heavy (non-hydrogen) atoms. The maximum Gasteiger partial charge on any atom is 0.161 e. The third-order valence-electron chi connectivity index (χ3n) is 2.01. The Morgan fingerprint density at radius 1 is 1.50 bits per heavy atom. The van der Waals surface area contributed by atoms with Gasteiger partial charge in [0.15, 0.2) is 5.75 Å². The first-order valence-corrected chi connectivity index (χ1v) is 5.23. The third-order valence-corrected chi connectivity index (χ3v) is 2.31. The van der Waals surface area contributed by atoms with Crippen LogP contribution in [0.1, 0.15) is 26.7 Å². The Morgan fingerprint density at radius 3 is 2.79 bits per heavy atom. The number of nitrogen functional groups attached to an aromatic ring is 1. The second-order valence-electron chi connectivity index (χ2n) is 3.38. The molecule has 0 aromatic heterocycles. The maximum atomic E-state index is 5.97. The number of hydrogen-bond acceptors (Lipinski definition) is 2. The highest BCUT2D eigenvalue weighted by Gasteiger charge is 2.09. The lowest BCUT2D eigenvalue weighted by Crippen LogP contribution is -2.12. The summed E-state index contributed by atoms with van der Waals surface area (Å²) < 4.78 is 5.66. The van der Waals surface area contributed by atoms with Gasteiger partial charge in [-0.05, 0) is 25.5 Å². The lowest BCUT2D eigenvalue weighted by Gasteiger charge is -2.16. The van der Waals surface area contributed by atoms with Gasteiger partial charge in [-0.15, -0.1) is 0 Å². The summed E-state index contributed by atoms with van der Waals surface area (Å²) in [6.45, 7) is 4.14. The van der Waals surface area contributed by atoms with E-state index in [1.54, 1.807) is 12.1 Å². The van der Waals surface area contributed by atoms with Crippen LogP contribution in [-0.4, -0.2) is 6.10 Å². The third kappa shape index (κ3) is 2.81. The molecule has 1 aromatic rings. The average Bonchev–Trinajstić information content (AvgIpc) is 2.12. The van der Waals surface area contributed by atoms with Crippen LogP contribution in [0.3, 0.4) is 0 Å². The number of anilines is 1. The van der Waals surface area contributed by atoms with Crippen LogP contribution in [0.2, 0.25) is 5.02 Å². The number of rotatable bonds is 4. The Balaban J connectivity index is 2.75. The molecule has 0 bridgehead atoms. The fourth-order valence-corrected chi connectivity index (χ4v) is 1.54. The number of hydrogen-bond donors (Lipinski definition) is 1. The highest BCUT2D eigenvalue weighted by molar-refractivity contribution is 6.32. The van der Waals surface area contributed by atoms with Crippen LogP contribution in [-0.2, 0) is 0 Å². The van der Waals surface area contributed by atoms with Gasteiger partial charge in [0.1, 0.15) is 0 Å². The van der Waals surface area contributed by atoms with E-state index in [1.165, 1.54) is 0 Å². The van der Waals surface area contributed by atoms with Gasteiger partial charge >= 0.3 is 0 Å². The standard InChI is InChI=1S/C11H16ClNO/c1-3-5-8(2)14-11-9(12)6-4-7-10(11)13/h4,6-8H,3,5,13H2,1-2H3/t8-/m1/s1. The van der Waals surface area contributed by atoms with Crippen molar-refractivity contribution in [3.63, 3.8) is 0 Å². The molecule has 1 aromatic carbocycles. The predicted octanol–water partition coefficient (Wildman–Crippen LogP) is 3.49. The monoisotopic (exact) mass is 213 g/mol. The van der Waals surface area contributed by atoms with Crippen LogP contribution < -0.4 is 10.5 Å². The second kappa shape index (κ2) is 5.11. The van der Waals surface area contributed by atoms with Crippen LogP contribution in [0.5, 0.6) is 5.75 Å². The summed E-state index contributed by atoms with van der Waals surface area (Å²) in [6.07, 6.45) is 2.25. The van der Waals surface area contributed by atoms with E-state index in [0.717, 1.165) is 12.8 Å². The molecule has 1 rings (SSSR count). The van der Waals surface area contributed by atoms with Gasteiger partial charge in [-0.2, -0.15) is 0 Å². The second-order valence-corrected chi connectivity index (χ2v) is 3.78. The van der Waals surface area contributed by atoms with Crippen LogP contribution >= 0.6 is 11.6 Å². The first-order chi connectivity index (χ1) is 6.65. The van der Waals surface area contributed by atoms with Crippen molar-refractivity contribution in [3.8, 4) is 5.75 Å². The number of para-hydroxylation sites is 1. The zero-order valence-electron chi connectivity index (χ0n) is 8.59. The average molecular weight is 214 g/mol. The molecule has 0 unspecified atom stereocenters. The smallest absolute Gasteiger partial charge is 0.161 e. The topological polar surface area (TPSA) is 35.2 Å². The van der Waals surface area contributed by atoms with Crippen molar-refractivity contribution in [2.75, 3.05) is 5.73 Å². The number of nitrogens with two attached hydrogens (primary N) is 1. The molecule has 0 saturated carbocycles. The quantitative estimate of drug-likeness (QED) is 0.778. The minimum atomic E-state index is 0.155. The maximum absolute atomic E-state index is 5.97. The molecule has 0 aliphatic heterocycles. The molecule has 1 atom stereocenters. The normalized spacial score (nSPS) is 12.5. The van der Waals surface area contributed by atoms with Crippen LogP contribution in [0.15, 0.2) is 18.2 Å². The molecule has 3 heteroatoms. The van der Waals surface area contributed by atoms with Crippen LogP contribution in [0.4, 0.5) is 5.69 Å². The summed E-state index contributed by atoms with van der Waals surface area (Å²) in [5.41, 5.74) is 6.35. The fraction of sp³-hybridized carbons (Fsp3) is 0.455. The molecule has 0 spiro atoms. The summed E-state index contributed by atoms with van der Waals surface area (Å²) in [5.74, 6) is 0.607. The summed E-state index contributed by atoms with van der Waals surface area (Å²) in [6, 6.07) is 5.39. The first kappa shape index (κ1) is 11.2. The van der Waals surface area contributed by atoms with Crippen molar-refractivity contribution in [1.29, 1.82) is 0 Å². The summed E-state index contributed by atoms with van der Waals surface area (Å²) >= 11 is 5.97. The van der Waals surface area contributed by atoms with Crippen molar-refractivity contribution in [1.82, 2.24) is 0 Å². The van der Waals surface area contributed by atoms with Gasteiger partial charge < -0.3 is 10.5 Å². The fourth-order valence-electron chi connectivity index (χ4n) is 1.32. The van der Waals surface area contributed by atoms with Crippen molar-refractivity contribution in [2.24, 2.45) is 0 Å². The molecule has 0 fully saturated rings. The van der Waals surface area contributed by atoms with E-state index in [-0.39, 0.29) is 6.10 Å². The van der Waals surface area contributed by atoms with E-state index < -0.39 is 0 Å². The zero-order chi connectivity index (χ0) is 10.6. The summed E-state index contributed by atoms with van der Waals surface area (Å²) in [7, 11) is 0. The summed E-state index contributed by atoms with van der Waals surface area (Å²) in [4.78, 5) is 0. The number of benzene rings is 1. The minimum Gasteiger partial charge on any atom is -0.487 e. The summed E-state index contributed by atoms with van der Waals surface area (Å²) in [5, 5.41) is 0.577. The van der Waals surface area contributed by atoms with Gasteiger partial charge in [0, 0.05) is 0 Å². The van der Waals surface area contributed by atoms with Crippen molar-refractivity contribution < 1.29 is 4.74 Å². The molecule has 0 aliphatic carbocycles. The highest BCUT2D eigenvalue weighted by Crippen LogP contribution is 2.31. The molecule has 0 aliphatic rings. The molecule has 2 nitrogen and oxygen atoms in total. The Kier molecular flexibility index (Phi) is 4.08. The lowest BCUT2D eigenvalue weighted by atomic mass is 10.2. The molecule has 0 heterocycles. The minimum absolute atomic E-state index is 0.155. The van der Waals surface area contributed by atoms with E-state index in [0.29, 0.717) is 16.5 Å². The van der Waals surface area contributed by atoms with Gasteiger partial charge in [-0.3, -0.25) is 0 Å². The van der Waals surface area contributed by atoms with Crippen molar-refractivity contribution in [2.45, 2.75) is 32.8 Å². The molecular formula is C11H16ClNO. The highest BCUT2D eigenvalue weighted by atomic mass is 35.5. The molecular weight excluding hydrogens is 198 g/mol. The van der Waals surface area contributed by atoms with Gasteiger partial charge in [-0.25, -0.2) is 0 Å². The Labute approximate surface area is 90.0 Å². The lowest BCUT2D eigenvalue weighted by molar-refractivity contribution is 0.211. The predicted molar refractivity (Wildman–Crippen MR) is 60.9 cm³/mol. The van der Waals surface area contributed by atoms with E-state index >= 15 is 0 Å². The largest absolute Gasteiger partial charge is 0.487 e. The first-order valence-electron chi connectivity index (χ1n) is 4.85. The van der Waals surface area contributed by atoms with Crippen molar-refractivity contribution in [3.05, 3.63) is 23.2 Å². The molecule has 0 amide bonds. The Hall–Kier alpha value is -0.890.